The number of anilines is 2. The largest absolute Gasteiger partial charge is 0.323 e. The molecule has 0 aliphatic heterocycles. The van der Waals surface area contributed by atoms with Gasteiger partial charge in [-0.2, -0.15) is 5.10 Å². The molecule has 3 rings (SSSR count). The van der Waals surface area contributed by atoms with Gasteiger partial charge in [-0.05, 0) is 64.3 Å². The van der Waals surface area contributed by atoms with Crippen LogP contribution in [0.3, 0.4) is 0 Å². The second-order valence-corrected chi connectivity index (χ2v) is 10.8. The highest BCUT2D eigenvalue weighted by atomic mass is 32.2. The lowest BCUT2D eigenvalue weighted by Gasteiger charge is -2.24. The molecule has 0 saturated carbocycles. The summed E-state index contributed by atoms with van der Waals surface area (Å²) in [5.41, 5.74) is 3.63. The number of hydrogen-bond acceptors (Lipinski definition) is 6. The molecule has 7 nitrogen and oxygen atoms in total. The van der Waals surface area contributed by atoms with E-state index in [0.717, 1.165) is 28.2 Å². The van der Waals surface area contributed by atoms with E-state index in [9.17, 15) is 8.42 Å². The maximum Gasteiger partial charge on any atom is 0.183 e. The Morgan fingerprint density at radius 2 is 1.87 bits per heavy atom. The van der Waals surface area contributed by atoms with E-state index in [4.69, 9.17) is 0 Å². The number of hydrogen-bond donors (Lipinski definition) is 2. The molecule has 1 aromatic carbocycles. The number of sulfone groups is 1. The molecular formula is C22H29N5O2S. The Bertz CT molecular complexity index is 1170. The van der Waals surface area contributed by atoms with Gasteiger partial charge in [0.15, 0.2) is 15.7 Å². The van der Waals surface area contributed by atoms with E-state index in [0.29, 0.717) is 29.4 Å². The van der Waals surface area contributed by atoms with Crippen LogP contribution in [-0.2, 0) is 16.3 Å². The Balaban J connectivity index is 1.88. The van der Waals surface area contributed by atoms with Crippen molar-refractivity contribution in [2.75, 3.05) is 5.32 Å². The molecule has 2 N–H and O–H groups in total. The first kappa shape index (κ1) is 22.0. The fourth-order valence-electron chi connectivity index (χ4n) is 3.00. The van der Waals surface area contributed by atoms with E-state index in [2.05, 4.69) is 25.5 Å². The number of aryl methyl sites for hydroxylation is 2. The Morgan fingerprint density at radius 1 is 1.13 bits per heavy atom. The first-order chi connectivity index (χ1) is 14.0. The molecule has 0 unspecified atom stereocenters. The summed E-state index contributed by atoms with van der Waals surface area (Å²) in [5, 5.41) is 10.4. The molecule has 0 radical (unpaired) electrons. The number of rotatable bonds is 7. The Hall–Kier alpha value is -2.74. The SMILES string of the molecule is CCC(C)(C)S(=O)(=O)c1cc(Cc2nccc(Nc3n[nH]c(C)c3C)n2)ccc1C. The molecule has 0 aliphatic carbocycles. The fourth-order valence-corrected chi connectivity index (χ4v) is 4.77. The zero-order chi connectivity index (χ0) is 22.1. The van der Waals surface area contributed by atoms with Crippen molar-refractivity contribution in [3.8, 4) is 0 Å². The molecular weight excluding hydrogens is 398 g/mol. The molecule has 0 saturated heterocycles. The van der Waals surface area contributed by atoms with Crippen LogP contribution in [0.5, 0.6) is 0 Å². The van der Waals surface area contributed by atoms with Crippen molar-refractivity contribution in [2.24, 2.45) is 0 Å². The third-order valence-corrected chi connectivity index (χ3v) is 8.45. The van der Waals surface area contributed by atoms with E-state index < -0.39 is 14.6 Å². The Kier molecular flexibility index (Phi) is 5.99. The Labute approximate surface area is 178 Å². The summed E-state index contributed by atoms with van der Waals surface area (Å²) in [6.07, 6.45) is 2.66. The van der Waals surface area contributed by atoms with E-state index in [1.165, 1.54) is 0 Å². The minimum absolute atomic E-state index is 0.378. The van der Waals surface area contributed by atoms with E-state index in [1.54, 1.807) is 32.2 Å². The number of aromatic nitrogens is 4. The van der Waals surface area contributed by atoms with Gasteiger partial charge in [0.1, 0.15) is 11.6 Å². The van der Waals surface area contributed by atoms with Gasteiger partial charge in [0, 0.05) is 23.9 Å². The van der Waals surface area contributed by atoms with Crippen molar-refractivity contribution >= 4 is 21.5 Å². The number of nitrogens with zero attached hydrogens (tertiary/aromatic N) is 3. The molecule has 0 aliphatic rings. The number of benzene rings is 1. The molecule has 3 aromatic rings. The van der Waals surface area contributed by atoms with Gasteiger partial charge in [-0.15, -0.1) is 0 Å². The normalized spacial score (nSPS) is 12.2. The quantitative estimate of drug-likeness (QED) is 0.579. The molecule has 2 heterocycles. The lowest BCUT2D eigenvalue weighted by atomic mass is 10.1. The van der Waals surface area contributed by atoms with Gasteiger partial charge in [-0.1, -0.05) is 19.1 Å². The molecule has 8 heteroatoms. The average Bonchev–Trinajstić information content (AvgIpc) is 3.01. The van der Waals surface area contributed by atoms with Crippen molar-refractivity contribution in [3.63, 3.8) is 0 Å². The highest BCUT2D eigenvalue weighted by Gasteiger charge is 2.35. The molecule has 2 aromatic heterocycles. The van der Waals surface area contributed by atoms with Crippen LogP contribution in [0, 0.1) is 20.8 Å². The van der Waals surface area contributed by atoms with Crippen LogP contribution < -0.4 is 5.32 Å². The third-order valence-electron chi connectivity index (χ3n) is 5.69. The van der Waals surface area contributed by atoms with Crippen LogP contribution in [0.1, 0.15) is 55.4 Å². The van der Waals surface area contributed by atoms with Crippen molar-refractivity contribution < 1.29 is 8.42 Å². The second-order valence-electron chi connectivity index (χ2n) is 8.20. The second kappa shape index (κ2) is 8.18. The van der Waals surface area contributed by atoms with Crippen molar-refractivity contribution in [1.29, 1.82) is 0 Å². The van der Waals surface area contributed by atoms with Crippen LogP contribution in [0.25, 0.3) is 0 Å². The number of nitrogens with one attached hydrogen (secondary N) is 2. The minimum Gasteiger partial charge on any atom is -0.323 e. The van der Waals surface area contributed by atoms with Gasteiger partial charge in [0.25, 0.3) is 0 Å². The third kappa shape index (κ3) is 4.23. The highest BCUT2D eigenvalue weighted by Crippen LogP contribution is 2.31. The Morgan fingerprint density at radius 3 is 2.50 bits per heavy atom. The predicted molar refractivity (Wildman–Crippen MR) is 119 cm³/mol. The summed E-state index contributed by atoms with van der Waals surface area (Å²) >= 11 is 0. The maximum atomic E-state index is 13.2. The van der Waals surface area contributed by atoms with Crippen molar-refractivity contribution in [3.05, 3.63) is 58.7 Å². The van der Waals surface area contributed by atoms with Gasteiger partial charge < -0.3 is 5.32 Å². The molecule has 0 amide bonds. The standard InChI is InChI=1S/C22H29N5O2S/c1-7-22(5,6)30(28,29)18-12-17(9-8-14(18)2)13-20-23-11-10-19(24-20)25-21-15(3)16(4)26-27-21/h8-12H,7,13H2,1-6H3,(H2,23,24,25,26,27). The van der Waals surface area contributed by atoms with E-state index in [-0.39, 0.29) is 0 Å². The summed E-state index contributed by atoms with van der Waals surface area (Å²) in [6, 6.07) is 7.32. The van der Waals surface area contributed by atoms with Gasteiger partial charge in [0.2, 0.25) is 0 Å². The van der Waals surface area contributed by atoms with E-state index >= 15 is 0 Å². The summed E-state index contributed by atoms with van der Waals surface area (Å²) < 4.78 is 25.5. The topological polar surface area (TPSA) is 101 Å². The lowest BCUT2D eigenvalue weighted by molar-refractivity contribution is 0.537. The average molecular weight is 428 g/mol. The first-order valence-corrected chi connectivity index (χ1v) is 11.5. The molecule has 0 spiro atoms. The zero-order valence-corrected chi connectivity index (χ0v) is 19.2. The van der Waals surface area contributed by atoms with Gasteiger partial charge in [-0.3, -0.25) is 5.10 Å². The molecule has 0 fully saturated rings. The number of aromatic amines is 1. The van der Waals surface area contributed by atoms with Crippen LogP contribution in [0.15, 0.2) is 35.4 Å². The van der Waals surface area contributed by atoms with Crippen molar-refractivity contribution in [1.82, 2.24) is 20.2 Å². The first-order valence-electron chi connectivity index (χ1n) is 10.00. The molecule has 160 valence electrons. The minimum atomic E-state index is -3.45. The molecule has 0 bridgehead atoms. The van der Waals surface area contributed by atoms with Crippen LogP contribution in [0.4, 0.5) is 11.6 Å². The van der Waals surface area contributed by atoms with Gasteiger partial charge in [-0.25, -0.2) is 18.4 Å². The van der Waals surface area contributed by atoms with Crippen LogP contribution in [0.2, 0.25) is 0 Å². The molecule has 30 heavy (non-hydrogen) atoms. The highest BCUT2D eigenvalue weighted by molar-refractivity contribution is 7.92. The monoisotopic (exact) mass is 427 g/mol. The zero-order valence-electron chi connectivity index (χ0n) is 18.4. The summed E-state index contributed by atoms with van der Waals surface area (Å²) in [6.45, 7) is 11.2. The maximum absolute atomic E-state index is 13.2. The molecule has 0 atom stereocenters. The van der Waals surface area contributed by atoms with Crippen LogP contribution in [-0.4, -0.2) is 33.3 Å². The van der Waals surface area contributed by atoms with Crippen LogP contribution >= 0.6 is 0 Å². The van der Waals surface area contributed by atoms with E-state index in [1.807, 2.05) is 39.8 Å². The van der Waals surface area contributed by atoms with Gasteiger partial charge >= 0.3 is 0 Å². The smallest absolute Gasteiger partial charge is 0.183 e. The summed E-state index contributed by atoms with van der Waals surface area (Å²) in [4.78, 5) is 9.30. The summed E-state index contributed by atoms with van der Waals surface area (Å²) in [5.74, 6) is 1.97. The lowest BCUT2D eigenvalue weighted by Crippen LogP contribution is -2.31. The summed E-state index contributed by atoms with van der Waals surface area (Å²) in [7, 11) is -3.45. The fraction of sp³-hybridized carbons (Fsp3) is 0.409. The van der Waals surface area contributed by atoms with Gasteiger partial charge in [0.05, 0.1) is 9.64 Å². The van der Waals surface area contributed by atoms with Crippen molar-refractivity contribution in [2.45, 2.75) is 64.0 Å². The number of H-pyrrole nitrogens is 1. The predicted octanol–water partition coefficient (Wildman–Crippen LogP) is 4.42.